The molecule has 0 amide bonds. The second-order valence-corrected chi connectivity index (χ2v) is 5.64. The maximum absolute atomic E-state index is 11.0. The molecule has 0 unspecified atom stereocenters. The maximum Gasteiger partial charge on any atom is 0.270 e. The molecule has 0 heterocycles. The summed E-state index contributed by atoms with van der Waals surface area (Å²) in [6, 6.07) is 5.18. The van der Waals surface area contributed by atoms with Crippen molar-refractivity contribution >= 4 is 5.69 Å². The number of nitro groups is 1. The summed E-state index contributed by atoms with van der Waals surface area (Å²) in [5, 5.41) is 20.1. The van der Waals surface area contributed by atoms with E-state index in [0.717, 1.165) is 18.4 Å². The van der Waals surface area contributed by atoms with Gasteiger partial charge in [0.05, 0.1) is 17.6 Å². The Morgan fingerprint density at radius 2 is 2.19 bits per heavy atom. The van der Waals surface area contributed by atoms with Crippen LogP contribution in [0.3, 0.4) is 0 Å². The Hall–Kier alpha value is -1.66. The lowest BCUT2D eigenvalue weighted by Crippen LogP contribution is -2.29. The highest BCUT2D eigenvalue weighted by molar-refractivity contribution is 5.44. The molecule has 21 heavy (non-hydrogen) atoms. The first-order valence-electron chi connectivity index (χ1n) is 7.30. The van der Waals surface area contributed by atoms with Gasteiger partial charge in [-0.05, 0) is 32.8 Å². The van der Waals surface area contributed by atoms with Gasteiger partial charge in [0.25, 0.3) is 5.69 Å². The lowest BCUT2D eigenvalue weighted by Gasteiger charge is -2.23. The predicted octanol–water partition coefficient (Wildman–Crippen LogP) is 2.34. The fraction of sp³-hybridized carbons (Fsp3) is 0.600. The fourth-order valence-corrected chi connectivity index (χ4v) is 2.35. The molecule has 0 spiro atoms. The van der Waals surface area contributed by atoms with Crippen molar-refractivity contribution in [3.8, 4) is 5.75 Å². The van der Waals surface area contributed by atoms with Crippen molar-refractivity contribution < 1.29 is 14.8 Å². The highest BCUT2D eigenvalue weighted by Crippen LogP contribution is 2.32. The molecule has 2 rings (SSSR count). The third kappa shape index (κ3) is 4.41. The second kappa shape index (κ2) is 6.87. The molecular formula is C15H22N2O4. The summed E-state index contributed by atoms with van der Waals surface area (Å²) in [4.78, 5) is 12.7. The lowest BCUT2D eigenvalue weighted by molar-refractivity contribution is -0.385. The van der Waals surface area contributed by atoms with Gasteiger partial charge >= 0.3 is 0 Å². The summed E-state index contributed by atoms with van der Waals surface area (Å²) in [6.07, 6.45) is 2.25. The molecule has 1 N–H and O–H groups in total. The smallest absolute Gasteiger partial charge is 0.270 e. The van der Waals surface area contributed by atoms with Crippen molar-refractivity contribution in [3.63, 3.8) is 0 Å². The first kappa shape index (κ1) is 15.7. The number of ether oxygens (including phenoxy) is 1. The van der Waals surface area contributed by atoms with Crippen molar-refractivity contribution in [2.75, 3.05) is 13.2 Å². The summed E-state index contributed by atoms with van der Waals surface area (Å²) < 4.78 is 5.75. The largest absolute Gasteiger partial charge is 0.491 e. The average molecular weight is 294 g/mol. The molecule has 6 nitrogen and oxygen atoms in total. The molecule has 1 aromatic rings. The molecule has 0 atom stereocenters. The molecule has 0 aromatic heterocycles. The minimum absolute atomic E-state index is 0.0115. The Bertz CT molecular complexity index is 500. The van der Waals surface area contributed by atoms with E-state index in [1.165, 1.54) is 6.07 Å². The van der Waals surface area contributed by atoms with Crippen LogP contribution in [0.25, 0.3) is 0 Å². The Balaban J connectivity index is 2.23. The average Bonchev–Trinajstić information content (AvgIpc) is 3.23. The summed E-state index contributed by atoms with van der Waals surface area (Å²) in [5.41, 5.74) is 0.874. The number of hydrogen-bond donors (Lipinski definition) is 1. The van der Waals surface area contributed by atoms with E-state index in [1.54, 1.807) is 12.1 Å². The van der Waals surface area contributed by atoms with Gasteiger partial charge in [-0.25, -0.2) is 0 Å². The third-order valence-corrected chi connectivity index (χ3v) is 3.44. The topological polar surface area (TPSA) is 75.8 Å². The number of non-ortho nitro benzene ring substituents is 1. The number of rotatable bonds is 8. The molecular weight excluding hydrogens is 272 g/mol. The normalized spacial score (nSPS) is 14.7. The predicted molar refractivity (Wildman–Crippen MR) is 79.4 cm³/mol. The molecule has 0 saturated heterocycles. The van der Waals surface area contributed by atoms with Gasteiger partial charge in [0.15, 0.2) is 0 Å². The Labute approximate surface area is 124 Å². The van der Waals surface area contributed by atoms with Crippen molar-refractivity contribution in [1.82, 2.24) is 4.90 Å². The monoisotopic (exact) mass is 294 g/mol. The van der Waals surface area contributed by atoms with Crippen LogP contribution in [-0.2, 0) is 6.54 Å². The van der Waals surface area contributed by atoms with E-state index in [-0.39, 0.29) is 18.4 Å². The van der Waals surface area contributed by atoms with Gasteiger partial charge in [0.1, 0.15) is 5.75 Å². The van der Waals surface area contributed by atoms with Crippen molar-refractivity contribution in [2.24, 2.45) is 0 Å². The van der Waals surface area contributed by atoms with Gasteiger partial charge in [0.2, 0.25) is 0 Å². The van der Waals surface area contributed by atoms with Crippen LogP contribution in [0.2, 0.25) is 0 Å². The number of aliphatic hydroxyl groups excluding tert-OH is 1. The van der Waals surface area contributed by atoms with E-state index in [1.807, 2.05) is 13.8 Å². The lowest BCUT2D eigenvalue weighted by atomic mass is 10.1. The summed E-state index contributed by atoms with van der Waals surface area (Å²) >= 11 is 0. The van der Waals surface area contributed by atoms with Crippen molar-refractivity contribution in [1.29, 1.82) is 0 Å². The molecule has 0 radical (unpaired) electrons. The van der Waals surface area contributed by atoms with E-state index in [9.17, 15) is 10.1 Å². The zero-order valence-corrected chi connectivity index (χ0v) is 12.5. The first-order valence-corrected chi connectivity index (χ1v) is 7.30. The van der Waals surface area contributed by atoms with Crippen molar-refractivity contribution in [2.45, 2.75) is 45.4 Å². The van der Waals surface area contributed by atoms with E-state index in [4.69, 9.17) is 9.84 Å². The molecule has 0 bridgehead atoms. The number of hydrogen-bond acceptors (Lipinski definition) is 5. The number of nitrogens with zero attached hydrogens (tertiary/aromatic N) is 2. The zero-order chi connectivity index (χ0) is 15.4. The van der Waals surface area contributed by atoms with Gasteiger partial charge in [-0.3, -0.25) is 15.0 Å². The Morgan fingerprint density at radius 3 is 2.71 bits per heavy atom. The van der Waals surface area contributed by atoms with Crippen LogP contribution in [0.5, 0.6) is 5.75 Å². The molecule has 0 aliphatic heterocycles. The highest BCUT2D eigenvalue weighted by Gasteiger charge is 2.29. The molecule has 6 heteroatoms. The molecule has 1 saturated carbocycles. The fourth-order valence-electron chi connectivity index (χ4n) is 2.35. The highest BCUT2D eigenvalue weighted by atomic mass is 16.6. The van der Waals surface area contributed by atoms with E-state index in [0.29, 0.717) is 24.9 Å². The second-order valence-electron chi connectivity index (χ2n) is 5.64. The van der Waals surface area contributed by atoms with Gasteiger partial charge in [0, 0.05) is 36.8 Å². The SMILES string of the molecule is CC(C)Oc1ccc([N+](=O)[O-])cc1CN(CCO)C1CC1. The zero-order valence-electron chi connectivity index (χ0n) is 12.5. The Kier molecular flexibility index (Phi) is 5.14. The number of benzene rings is 1. The van der Waals surface area contributed by atoms with Gasteiger partial charge < -0.3 is 9.84 Å². The minimum atomic E-state index is -0.393. The van der Waals surface area contributed by atoms with Crippen LogP contribution >= 0.6 is 0 Å². The molecule has 116 valence electrons. The summed E-state index contributed by atoms with van der Waals surface area (Å²) in [6.45, 7) is 5.09. The quantitative estimate of drug-likeness (QED) is 0.588. The number of nitro benzene ring substituents is 1. The van der Waals surface area contributed by atoms with Crippen LogP contribution in [0.4, 0.5) is 5.69 Å². The van der Waals surface area contributed by atoms with Crippen LogP contribution < -0.4 is 4.74 Å². The van der Waals surface area contributed by atoms with E-state index in [2.05, 4.69) is 4.90 Å². The molecule has 1 aliphatic carbocycles. The molecule has 1 aromatic carbocycles. The van der Waals surface area contributed by atoms with E-state index < -0.39 is 4.92 Å². The molecule has 1 fully saturated rings. The van der Waals surface area contributed by atoms with Crippen LogP contribution in [0.1, 0.15) is 32.3 Å². The van der Waals surface area contributed by atoms with Crippen LogP contribution in [0.15, 0.2) is 18.2 Å². The van der Waals surface area contributed by atoms with Crippen LogP contribution in [-0.4, -0.2) is 40.2 Å². The van der Waals surface area contributed by atoms with Crippen LogP contribution in [0, 0.1) is 10.1 Å². The van der Waals surface area contributed by atoms with Gasteiger partial charge in [-0.1, -0.05) is 0 Å². The van der Waals surface area contributed by atoms with Gasteiger partial charge in [-0.2, -0.15) is 0 Å². The third-order valence-electron chi connectivity index (χ3n) is 3.44. The standard InChI is InChI=1S/C15H22N2O4/c1-11(2)21-15-6-5-14(17(19)20)9-12(15)10-16(7-8-18)13-3-4-13/h5-6,9,11,13,18H,3-4,7-8,10H2,1-2H3. The Morgan fingerprint density at radius 1 is 1.48 bits per heavy atom. The molecule has 1 aliphatic rings. The minimum Gasteiger partial charge on any atom is -0.491 e. The van der Waals surface area contributed by atoms with Crippen molar-refractivity contribution in [3.05, 3.63) is 33.9 Å². The summed E-state index contributed by atoms with van der Waals surface area (Å²) in [7, 11) is 0. The number of aliphatic hydroxyl groups is 1. The van der Waals surface area contributed by atoms with Gasteiger partial charge in [-0.15, -0.1) is 0 Å². The maximum atomic E-state index is 11.0. The first-order chi connectivity index (χ1) is 10.0. The summed E-state index contributed by atoms with van der Waals surface area (Å²) in [5.74, 6) is 0.680. The van der Waals surface area contributed by atoms with E-state index >= 15 is 0 Å².